The number of hydrogen-bond acceptors (Lipinski definition) is 6. The summed E-state index contributed by atoms with van der Waals surface area (Å²) in [6.45, 7) is 0. The van der Waals surface area contributed by atoms with Crippen LogP contribution in [0, 0.1) is 5.82 Å². The molecule has 0 aliphatic heterocycles. The van der Waals surface area contributed by atoms with Crippen LogP contribution in [0.3, 0.4) is 0 Å². The maximum atomic E-state index is 13.2. The van der Waals surface area contributed by atoms with Gasteiger partial charge in [0.2, 0.25) is 5.91 Å². The van der Waals surface area contributed by atoms with Gasteiger partial charge in [0.25, 0.3) is 5.91 Å². The van der Waals surface area contributed by atoms with E-state index in [9.17, 15) is 14.0 Å². The fourth-order valence-electron chi connectivity index (χ4n) is 2.50. The lowest BCUT2D eigenvalue weighted by molar-refractivity contribution is -0.115. The quantitative estimate of drug-likeness (QED) is 0.558. The van der Waals surface area contributed by atoms with E-state index in [4.69, 9.17) is 21.1 Å². The van der Waals surface area contributed by atoms with Gasteiger partial charge in [-0.2, -0.15) is 0 Å². The van der Waals surface area contributed by atoms with Crippen molar-refractivity contribution in [1.82, 2.24) is 4.98 Å². The molecule has 0 aliphatic rings. The highest BCUT2D eigenvalue weighted by Crippen LogP contribution is 2.24. The van der Waals surface area contributed by atoms with E-state index in [1.54, 1.807) is 23.6 Å². The van der Waals surface area contributed by atoms with E-state index in [1.165, 1.54) is 43.8 Å². The van der Waals surface area contributed by atoms with Crippen molar-refractivity contribution >= 4 is 45.6 Å². The number of benzene rings is 2. The first-order chi connectivity index (χ1) is 14.4. The number of amides is 2. The third-order valence-electron chi connectivity index (χ3n) is 3.93. The Morgan fingerprint density at radius 3 is 2.43 bits per heavy atom. The molecule has 0 bridgehead atoms. The van der Waals surface area contributed by atoms with Crippen LogP contribution in [0.5, 0.6) is 11.5 Å². The van der Waals surface area contributed by atoms with Crippen LogP contribution < -0.4 is 20.1 Å². The van der Waals surface area contributed by atoms with Crippen molar-refractivity contribution in [2.24, 2.45) is 0 Å². The van der Waals surface area contributed by atoms with Crippen LogP contribution in [0.2, 0.25) is 5.02 Å². The summed E-state index contributed by atoms with van der Waals surface area (Å²) in [4.78, 5) is 28.9. The number of halogens is 2. The zero-order valence-electron chi connectivity index (χ0n) is 16.0. The highest BCUT2D eigenvalue weighted by atomic mass is 35.5. The van der Waals surface area contributed by atoms with Gasteiger partial charge in [0.1, 0.15) is 17.3 Å². The van der Waals surface area contributed by atoms with E-state index >= 15 is 0 Å². The summed E-state index contributed by atoms with van der Waals surface area (Å²) in [5, 5.41) is 7.23. The van der Waals surface area contributed by atoms with Gasteiger partial charge in [-0.25, -0.2) is 9.37 Å². The van der Waals surface area contributed by atoms with Crippen LogP contribution in [0.25, 0.3) is 0 Å². The molecule has 0 atom stereocenters. The maximum Gasteiger partial charge on any atom is 0.257 e. The number of nitrogens with one attached hydrogen (secondary N) is 2. The molecule has 0 fully saturated rings. The third kappa shape index (κ3) is 5.46. The monoisotopic (exact) mass is 449 g/mol. The van der Waals surface area contributed by atoms with E-state index in [-0.39, 0.29) is 17.4 Å². The molecule has 0 radical (unpaired) electrons. The average molecular weight is 450 g/mol. The van der Waals surface area contributed by atoms with Crippen LogP contribution in [0.15, 0.2) is 41.8 Å². The molecule has 2 N–H and O–H groups in total. The Balaban J connectivity index is 1.62. The zero-order valence-corrected chi connectivity index (χ0v) is 17.6. The standard InChI is InChI=1S/C20H17ClFN3O4S/c1-28-14-5-11(6-15(9-14)29-2)19(27)25-20-24-13(10-30-20)8-18(26)23-12-3-4-17(22)16(21)7-12/h3-7,9-10H,8H2,1-2H3,(H,23,26)(H,24,25,27). The molecule has 2 amide bonds. The molecule has 3 aromatic rings. The molecule has 156 valence electrons. The fraction of sp³-hybridized carbons (Fsp3) is 0.150. The molecule has 0 spiro atoms. The van der Waals surface area contributed by atoms with Gasteiger partial charge >= 0.3 is 0 Å². The van der Waals surface area contributed by atoms with Crippen molar-refractivity contribution in [2.45, 2.75) is 6.42 Å². The molecule has 2 aromatic carbocycles. The lowest BCUT2D eigenvalue weighted by Gasteiger charge is -2.08. The SMILES string of the molecule is COc1cc(OC)cc(C(=O)Nc2nc(CC(=O)Nc3ccc(F)c(Cl)c3)cs2)c1. The second-order valence-electron chi connectivity index (χ2n) is 6.05. The molecular formula is C20H17ClFN3O4S. The minimum Gasteiger partial charge on any atom is -0.497 e. The van der Waals surface area contributed by atoms with Crippen molar-refractivity contribution in [3.05, 3.63) is 63.9 Å². The van der Waals surface area contributed by atoms with Crippen molar-refractivity contribution in [1.29, 1.82) is 0 Å². The molecule has 0 unspecified atom stereocenters. The van der Waals surface area contributed by atoms with E-state index in [0.717, 1.165) is 0 Å². The van der Waals surface area contributed by atoms with Crippen LogP contribution in [0.1, 0.15) is 16.1 Å². The van der Waals surface area contributed by atoms with Crippen molar-refractivity contribution in [2.75, 3.05) is 24.9 Å². The minimum atomic E-state index is -0.566. The number of ether oxygens (including phenoxy) is 2. The third-order valence-corrected chi connectivity index (χ3v) is 5.03. The lowest BCUT2D eigenvalue weighted by atomic mass is 10.2. The first kappa shape index (κ1) is 21.5. The van der Waals surface area contributed by atoms with E-state index in [1.807, 2.05) is 0 Å². The molecule has 0 saturated carbocycles. The van der Waals surface area contributed by atoms with Gasteiger partial charge in [0.15, 0.2) is 5.13 Å². The number of rotatable bonds is 7. The normalized spacial score (nSPS) is 10.4. The number of methoxy groups -OCH3 is 2. The van der Waals surface area contributed by atoms with Gasteiger partial charge in [-0.05, 0) is 30.3 Å². The summed E-state index contributed by atoms with van der Waals surface area (Å²) >= 11 is 6.89. The lowest BCUT2D eigenvalue weighted by Crippen LogP contribution is -2.15. The fourth-order valence-corrected chi connectivity index (χ4v) is 3.38. The molecule has 0 saturated heterocycles. The first-order valence-electron chi connectivity index (χ1n) is 8.61. The minimum absolute atomic E-state index is 0.0195. The predicted octanol–water partition coefficient (Wildman–Crippen LogP) is 4.39. The Bertz CT molecular complexity index is 1070. The van der Waals surface area contributed by atoms with Gasteiger partial charge in [-0.15, -0.1) is 11.3 Å². The predicted molar refractivity (Wildman–Crippen MR) is 113 cm³/mol. The molecule has 1 heterocycles. The molecular weight excluding hydrogens is 433 g/mol. The van der Waals surface area contributed by atoms with Crippen LogP contribution in [-0.2, 0) is 11.2 Å². The highest BCUT2D eigenvalue weighted by molar-refractivity contribution is 7.14. The summed E-state index contributed by atoms with van der Waals surface area (Å²) in [5.74, 6) is -0.339. The Labute approximate surface area is 180 Å². The number of aromatic nitrogens is 1. The zero-order chi connectivity index (χ0) is 21.7. The van der Waals surface area contributed by atoms with Gasteiger partial charge in [0, 0.05) is 22.7 Å². The number of hydrogen-bond donors (Lipinski definition) is 2. The Kier molecular flexibility index (Phi) is 6.86. The molecule has 0 aliphatic carbocycles. The van der Waals surface area contributed by atoms with Crippen LogP contribution in [0.4, 0.5) is 15.2 Å². The summed E-state index contributed by atoms with van der Waals surface area (Å²) in [6.07, 6.45) is -0.0195. The highest BCUT2D eigenvalue weighted by Gasteiger charge is 2.14. The summed E-state index contributed by atoms with van der Waals surface area (Å²) in [7, 11) is 2.99. The Hall–Kier alpha value is -3.17. The largest absolute Gasteiger partial charge is 0.497 e. The average Bonchev–Trinajstić information content (AvgIpc) is 3.16. The van der Waals surface area contributed by atoms with Crippen molar-refractivity contribution in [3.63, 3.8) is 0 Å². The number of nitrogens with zero attached hydrogens (tertiary/aromatic N) is 1. The number of thiazole rings is 1. The maximum absolute atomic E-state index is 13.2. The number of anilines is 2. The number of carbonyl (C=O) groups is 2. The second-order valence-corrected chi connectivity index (χ2v) is 7.32. The summed E-state index contributed by atoms with van der Waals surface area (Å²) in [5.41, 5.74) is 1.19. The first-order valence-corrected chi connectivity index (χ1v) is 9.87. The summed E-state index contributed by atoms with van der Waals surface area (Å²) < 4.78 is 23.5. The van der Waals surface area contributed by atoms with E-state index < -0.39 is 11.7 Å². The van der Waals surface area contributed by atoms with Crippen molar-refractivity contribution in [3.8, 4) is 11.5 Å². The molecule has 3 rings (SSSR count). The van der Waals surface area contributed by atoms with E-state index in [0.29, 0.717) is 33.6 Å². The van der Waals surface area contributed by atoms with Crippen LogP contribution >= 0.6 is 22.9 Å². The number of carbonyl (C=O) groups excluding carboxylic acids is 2. The molecule has 1 aromatic heterocycles. The topological polar surface area (TPSA) is 89.6 Å². The van der Waals surface area contributed by atoms with Gasteiger partial charge in [-0.1, -0.05) is 11.6 Å². The van der Waals surface area contributed by atoms with Gasteiger partial charge < -0.3 is 14.8 Å². The molecule has 7 nitrogen and oxygen atoms in total. The van der Waals surface area contributed by atoms with E-state index in [2.05, 4.69) is 15.6 Å². The smallest absolute Gasteiger partial charge is 0.257 e. The molecule has 30 heavy (non-hydrogen) atoms. The Morgan fingerprint density at radius 2 is 1.80 bits per heavy atom. The van der Waals surface area contributed by atoms with Gasteiger partial charge in [0.05, 0.1) is 31.4 Å². The van der Waals surface area contributed by atoms with Gasteiger partial charge in [-0.3, -0.25) is 14.9 Å². The molecule has 10 heteroatoms. The van der Waals surface area contributed by atoms with Crippen LogP contribution in [-0.4, -0.2) is 31.0 Å². The summed E-state index contributed by atoms with van der Waals surface area (Å²) in [6, 6.07) is 8.71. The van der Waals surface area contributed by atoms with Crippen molar-refractivity contribution < 1.29 is 23.5 Å². The Morgan fingerprint density at radius 1 is 1.10 bits per heavy atom. The second kappa shape index (κ2) is 9.55.